The molecule has 0 spiro atoms. The Bertz CT molecular complexity index is 1430. The van der Waals surface area contributed by atoms with Gasteiger partial charge in [0.15, 0.2) is 0 Å². The van der Waals surface area contributed by atoms with E-state index in [1.807, 2.05) is 46.2 Å². The van der Waals surface area contributed by atoms with Crippen LogP contribution in [0.25, 0.3) is 0 Å². The molecule has 6 rings (SSSR count). The summed E-state index contributed by atoms with van der Waals surface area (Å²) in [5.41, 5.74) is 9.59. The molecular weight excluding hydrogens is 728 g/mol. The summed E-state index contributed by atoms with van der Waals surface area (Å²) in [4.78, 5) is 51.3. The highest BCUT2D eigenvalue weighted by Crippen LogP contribution is 2.31. The second kappa shape index (κ2) is 15.1. The first-order chi connectivity index (χ1) is 22.7. The first kappa shape index (κ1) is 34.0. The Morgan fingerprint density at radius 1 is 0.915 bits per heavy atom. The Balaban J connectivity index is 1.08. The smallest absolute Gasteiger partial charge is 0.322 e. The quantitative estimate of drug-likeness (QED) is 0.356. The number of fused-ring (bicyclic) bond motifs is 1. The molecule has 3 saturated heterocycles. The van der Waals surface area contributed by atoms with Crippen molar-refractivity contribution in [3.8, 4) is 0 Å². The summed E-state index contributed by atoms with van der Waals surface area (Å²) in [6, 6.07) is 11.3. The molecule has 0 bridgehead atoms. The van der Waals surface area contributed by atoms with Gasteiger partial charge in [-0.3, -0.25) is 9.69 Å². The van der Waals surface area contributed by atoms with E-state index in [2.05, 4.69) is 59.2 Å². The van der Waals surface area contributed by atoms with Crippen LogP contribution in [-0.4, -0.2) is 119 Å². The number of hydrogen-bond acceptors (Lipinski definition) is 6. The molecule has 0 radical (unpaired) electrons. The number of nitrogens with two attached hydrogens (primary N) is 1. The molecule has 0 aromatic heterocycles. The fraction of sp³-hybridized carbons (Fsp3) is 0.559. The average molecular weight is 775 g/mol. The van der Waals surface area contributed by atoms with E-state index in [1.165, 1.54) is 12.8 Å². The van der Waals surface area contributed by atoms with Crippen molar-refractivity contribution < 1.29 is 14.4 Å². The van der Waals surface area contributed by atoms with Crippen molar-refractivity contribution in [1.29, 1.82) is 0 Å². The number of piperidine rings is 2. The van der Waals surface area contributed by atoms with Gasteiger partial charge in [0.1, 0.15) is 6.04 Å². The summed E-state index contributed by atoms with van der Waals surface area (Å²) in [6.45, 7) is 10.2. The largest absolute Gasteiger partial charge is 0.397 e. The van der Waals surface area contributed by atoms with Crippen molar-refractivity contribution in [2.45, 2.75) is 63.7 Å². The number of carbonyl (C=O) groups excluding carboxylic acids is 3. The molecule has 0 unspecified atom stereocenters. The van der Waals surface area contributed by atoms with Crippen molar-refractivity contribution in [2.24, 2.45) is 0 Å². The third-order valence-electron chi connectivity index (χ3n) is 10.4. The highest BCUT2D eigenvalue weighted by atomic mass is 79.9. The van der Waals surface area contributed by atoms with Gasteiger partial charge in [-0.2, -0.15) is 0 Å². The van der Waals surface area contributed by atoms with Gasteiger partial charge in [-0.15, -0.1) is 0 Å². The number of halogens is 2. The number of nitrogens with zero attached hydrogens (tertiary/aromatic N) is 5. The van der Waals surface area contributed by atoms with Crippen LogP contribution >= 0.6 is 31.9 Å². The lowest BCUT2D eigenvalue weighted by atomic mass is 10.0. The second-order valence-corrected chi connectivity index (χ2v) is 14.8. The van der Waals surface area contributed by atoms with Crippen LogP contribution in [0.15, 0.2) is 45.3 Å². The maximum absolute atomic E-state index is 14.1. The summed E-state index contributed by atoms with van der Waals surface area (Å²) in [5, 5.41) is 6.11. The van der Waals surface area contributed by atoms with Gasteiger partial charge in [0.25, 0.3) is 0 Å². The molecular formula is C34H46Br2N8O3. The lowest BCUT2D eigenvalue weighted by Crippen LogP contribution is -2.59. The number of para-hydroxylation sites is 1. The zero-order chi connectivity index (χ0) is 33.1. The lowest BCUT2D eigenvalue weighted by Gasteiger charge is -2.43. The van der Waals surface area contributed by atoms with E-state index in [0.29, 0.717) is 63.7 Å². The molecule has 13 heteroatoms. The molecule has 0 saturated carbocycles. The number of anilines is 2. The Hall–Kier alpha value is -2.87. The molecule has 2 aromatic carbocycles. The number of nitrogen functional groups attached to an aromatic ring is 1. The van der Waals surface area contributed by atoms with Crippen LogP contribution < -0.4 is 16.4 Å². The SMILES string of the molecule is CCN1CCC(N2CCN(C(=O)[C@@H](Cc3cc(Br)c(N)c(Br)c3)NC(=O)N3CCC(N4Cc5ccccc5NC4=O)CC3)CC2)CC1. The van der Waals surface area contributed by atoms with Gasteiger partial charge in [0, 0.05) is 79.0 Å². The number of carbonyl (C=O) groups is 3. The number of likely N-dealkylation sites (tertiary alicyclic amines) is 2. The normalized spacial score (nSPS) is 20.9. The number of hydrogen-bond donors (Lipinski definition) is 3. The summed E-state index contributed by atoms with van der Waals surface area (Å²) < 4.78 is 1.49. The highest BCUT2D eigenvalue weighted by molar-refractivity contribution is 9.11. The van der Waals surface area contributed by atoms with E-state index >= 15 is 0 Å². The van der Waals surface area contributed by atoms with E-state index in [1.54, 1.807) is 4.90 Å². The Morgan fingerprint density at radius 3 is 2.21 bits per heavy atom. The van der Waals surface area contributed by atoms with Crippen LogP contribution in [0, 0.1) is 0 Å². The van der Waals surface area contributed by atoms with Gasteiger partial charge in [-0.25, -0.2) is 9.59 Å². The fourth-order valence-electron chi connectivity index (χ4n) is 7.46. The van der Waals surface area contributed by atoms with E-state index < -0.39 is 6.04 Å². The topological polar surface area (TPSA) is 117 Å². The van der Waals surface area contributed by atoms with E-state index in [-0.39, 0.29) is 24.0 Å². The first-order valence-electron chi connectivity index (χ1n) is 16.9. The number of rotatable bonds is 7. The zero-order valence-corrected chi connectivity index (χ0v) is 30.3. The van der Waals surface area contributed by atoms with Crippen LogP contribution in [0.1, 0.15) is 43.7 Å². The maximum atomic E-state index is 14.1. The van der Waals surface area contributed by atoms with Crippen LogP contribution in [0.2, 0.25) is 0 Å². The van der Waals surface area contributed by atoms with Gasteiger partial charge in [-0.05, 0) is 107 Å². The van der Waals surface area contributed by atoms with Gasteiger partial charge < -0.3 is 36.0 Å². The molecule has 4 N–H and O–H groups in total. The van der Waals surface area contributed by atoms with Gasteiger partial charge in [-0.1, -0.05) is 25.1 Å². The van der Waals surface area contributed by atoms with E-state index in [4.69, 9.17) is 5.73 Å². The zero-order valence-electron chi connectivity index (χ0n) is 27.1. The molecule has 3 fully saturated rings. The number of piperazine rings is 1. The van der Waals surface area contributed by atoms with Crippen molar-refractivity contribution in [3.63, 3.8) is 0 Å². The van der Waals surface area contributed by atoms with Gasteiger partial charge >= 0.3 is 12.1 Å². The molecule has 2 aromatic rings. The van der Waals surface area contributed by atoms with Crippen molar-refractivity contribution in [3.05, 3.63) is 56.5 Å². The van der Waals surface area contributed by atoms with Crippen LogP contribution in [0.5, 0.6) is 0 Å². The van der Waals surface area contributed by atoms with Crippen LogP contribution in [0.3, 0.4) is 0 Å². The molecule has 47 heavy (non-hydrogen) atoms. The molecule has 1 atom stereocenters. The van der Waals surface area contributed by atoms with Crippen LogP contribution in [0.4, 0.5) is 21.0 Å². The molecule has 4 aliphatic rings. The fourth-order valence-corrected chi connectivity index (χ4v) is 8.74. The standard InChI is InChI=1S/C34H46Br2N8O3/c1-2-40-11-7-25(8-12-40)41-15-17-42(18-16-41)32(45)30(21-23-19-27(35)31(37)28(36)20-23)39-33(46)43-13-9-26(10-14-43)44-22-24-5-3-4-6-29(24)38-34(44)47/h3-6,19-20,25-26,30H,2,7-18,21-22,37H2,1H3,(H,38,47)(H,39,46)/t30-/m1/s1. The summed E-state index contributed by atoms with van der Waals surface area (Å²) in [5.74, 6) is -0.0542. The maximum Gasteiger partial charge on any atom is 0.322 e. The Morgan fingerprint density at radius 2 is 1.55 bits per heavy atom. The van der Waals surface area contributed by atoms with Crippen molar-refractivity contribution >= 4 is 61.2 Å². The monoisotopic (exact) mass is 772 g/mol. The minimum absolute atomic E-state index is 0.0415. The van der Waals surface area contributed by atoms with E-state index in [0.717, 1.165) is 58.5 Å². The van der Waals surface area contributed by atoms with Gasteiger partial charge in [0.2, 0.25) is 5.91 Å². The highest BCUT2D eigenvalue weighted by Gasteiger charge is 2.36. The summed E-state index contributed by atoms with van der Waals surface area (Å²) >= 11 is 7.06. The Labute approximate surface area is 294 Å². The van der Waals surface area contributed by atoms with Gasteiger partial charge in [0.05, 0.1) is 5.69 Å². The molecule has 4 aliphatic heterocycles. The second-order valence-electron chi connectivity index (χ2n) is 13.1. The molecule has 11 nitrogen and oxygen atoms in total. The third-order valence-corrected chi connectivity index (χ3v) is 11.7. The lowest BCUT2D eigenvalue weighted by molar-refractivity contribution is -0.135. The van der Waals surface area contributed by atoms with Crippen LogP contribution in [-0.2, 0) is 17.8 Å². The van der Waals surface area contributed by atoms with Crippen molar-refractivity contribution in [2.75, 3.05) is 70.0 Å². The molecule has 254 valence electrons. The predicted octanol–water partition coefficient (Wildman–Crippen LogP) is 4.56. The third kappa shape index (κ3) is 7.90. The minimum Gasteiger partial charge on any atom is -0.397 e. The number of urea groups is 2. The molecule has 4 heterocycles. The average Bonchev–Trinajstić information content (AvgIpc) is 3.10. The summed E-state index contributed by atoms with van der Waals surface area (Å²) in [7, 11) is 0. The Kier molecular flexibility index (Phi) is 10.9. The van der Waals surface area contributed by atoms with E-state index in [9.17, 15) is 14.4 Å². The minimum atomic E-state index is -0.716. The first-order valence-corrected chi connectivity index (χ1v) is 18.5. The molecule has 0 aliphatic carbocycles. The summed E-state index contributed by atoms with van der Waals surface area (Å²) in [6.07, 6.45) is 4.06. The number of benzene rings is 2. The van der Waals surface area contributed by atoms with Crippen molar-refractivity contribution in [1.82, 2.24) is 29.8 Å². The number of amides is 5. The predicted molar refractivity (Wildman–Crippen MR) is 191 cm³/mol. The number of nitrogens with one attached hydrogen (secondary N) is 2. The molecule has 5 amide bonds.